The molecule has 0 unspecified atom stereocenters. The third kappa shape index (κ3) is 1.20. The largest absolute Gasteiger partial charge is 0.231 e. The van der Waals surface area contributed by atoms with E-state index in [1.807, 2.05) is 24.3 Å². The number of para-hydroxylation sites is 2. The average molecular weight is 159 g/mol. The van der Waals surface area contributed by atoms with Crippen LogP contribution in [0.2, 0.25) is 0 Å². The highest BCUT2D eigenvalue weighted by atomic mass is 15.1. The van der Waals surface area contributed by atoms with E-state index in [2.05, 4.69) is 17.2 Å². The maximum absolute atomic E-state index is 4.39. The van der Waals surface area contributed by atoms with E-state index in [0.29, 0.717) is 0 Å². The molecule has 0 spiro atoms. The number of benzene rings is 1. The topological polar surface area (TPSA) is 26.5 Å². The summed E-state index contributed by atoms with van der Waals surface area (Å²) in [7, 11) is 0. The SMILES string of the molecule is CCCC1=Nc2ccccc2[N]1. The van der Waals surface area contributed by atoms with E-state index < -0.39 is 0 Å². The first kappa shape index (κ1) is 7.35. The van der Waals surface area contributed by atoms with Gasteiger partial charge >= 0.3 is 0 Å². The van der Waals surface area contributed by atoms with Gasteiger partial charge < -0.3 is 0 Å². The van der Waals surface area contributed by atoms with Crippen LogP contribution in [0.15, 0.2) is 29.3 Å². The molecule has 1 aromatic carbocycles. The Morgan fingerprint density at radius 2 is 1.92 bits per heavy atom. The van der Waals surface area contributed by atoms with Gasteiger partial charge in [0, 0.05) is 6.42 Å². The molecule has 1 aliphatic rings. The minimum atomic E-state index is 0.971. The van der Waals surface area contributed by atoms with Gasteiger partial charge in [0.2, 0.25) is 0 Å². The van der Waals surface area contributed by atoms with Gasteiger partial charge in [0.25, 0.3) is 0 Å². The van der Waals surface area contributed by atoms with Crippen molar-refractivity contribution in [3.8, 4) is 0 Å². The van der Waals surface area contributed by atoms with E-state index >= 15 is 0 Å². The molecule has 0 aliphatic carbocycles. The summed E-state index contributed by atoms with van der Waals surface area (Å²) in [5.41, 5.74) is 2.03. The van der Waals surface area contributed by atoms with E-state index in [9.17, 15) is 0 Å². The van der Waals surface area contributed by atoms with Crippen LogP contribution in [0.4, 0.5) is 11.4 Å². The molecule has 0 N–H and O–H groups in total. The molecule has 0 saturated carbocycles. The second kappa shape index (κ2) is 2.97. The lowest BCUT2D eigenvalue weighted by Gasteiger charge is -1.95. The molecule has 61 valence electrons. The number of aliphatic imine (C=N–C) groups is 1. The van der Waals surface area contributed by atoms with Gasteiger partial charge in [-0.05, 0) is 18.6 Å². The predicted octanol–water partition coefficient (Wildman–Crippen LogP) is 2.77. The lowest BCUT2D eigenvalue weighted by Crippen LogP contribution is -2.04. The van der Waals surface area contributed by atoms with Gasteiger partial charge in [-0.1, -0.05) is 19.1 Å². The highest BCUT2D eigenvalue weighted by Gasteiger charge is 2.12. The van der Waals surface area contributed by atoms with Crippen molar-refractivity contribution in [2.45, 2.75) is 19.8 Å². The van der Waals surface area contributed by atoms with Crippen molar-refractivity contribution in [2.24, 2.45) is 4.99 Å². The zero-order valence-corrected chi connectivity index (χ0v) is 7.12. The van der Waals surface area contributed by atoms with E-state index in [1.165, 1.54) is 0 Å². The highest BCUT2D eigenvalue weighted by Crippen LogP contribution is 2.30. The van der Waals surface area contributed by atoms with Crippen molar-refractivity contribution in [1.29, 1.82) is 0 Å². The summed E-state index contributed by atoms with van der Waals surface area (Å²) in [6.07, 6.45) is 2.09. The molecule has 0 aromatic heterocycles. The second-order valence-electron chi connectivity index (χ2n) is 2.88. The van der Waals surface area contributed by atoms with Gasteiger partial charge in [0.05, 0.1) is 11.4 Å². The van der Waals surface area contributed by atoms with Crippen LogP contribution in [0, 0.1) is 0 Å². The minimum Gasteiger partial charge on any atom is -0.231 e. The van der Waals surface area contributed by atoms with Gasteiger partial charge in [-0.2, -0.15) is 0 Å². The number of nitrogens with zero attached hydrogens (tertiary/aromatic N) is 2. The summed E-state index contributed by atoms with van der Waals surface area (Å²) < 4.78 is 0. The van der Waals surface area contributed by atoms with Gasteiger partial charge in [-0.3, -0.25) is 0 Å². The smallest absolute Gasteiger partial charge is 0.129 e. The monoisotopic (exact) mass is 159 g/mol. The van der Waals surface area contributed by atoms with E-state index in [-0.39, 0.29) is 0 Å². The van der Waals surface area contributed by atoms with Crippen LogP contribution >= 0.6 is 0 Å². The second-order valence-corrected chi connectivity index (χ2v) is 2.88. The number of hydrogen-bond acceptors (Lipinski definition) is 1. The summed E-state index contributed by atoms with van der Waals surface area (Å²) in [6, 6.07) is 7.99. The summed E-state index contributed by atoms with van der Waals surface area (Å²) in [5.74, 6) is 0.971. The molecule has 2 rings (SSSR count). The fraction of sp³-hybridized carbons (Fsp3) is 0.300. The number of amidine groups is 1. The quantitative estimate of drug-likeness (QED) is 0.634. The molecule has 12 heavy (non-hydrogen) atoms. The Morgan fingerprint density at radius 3 is 2.58 bits per heavy atom. The minimum absolute atomic E-state index is 0.971. The lowest BCUT2D eigenvalue weighted by molar-refractivity contribution is 0.967. The zero-order valence-electron chi connectivity index (χ0n) is 7.12. The normalized spacial score (nSPS) is 13.6. The Bertz CT molecular complexity index is 315. The van der Waals surface area contributed by atoms with Crippen LogP contribution < -0.4 is 5.32 Å². The van der Waals surface area contributed by atoms with Crippen molar-refractivity contribution >= 4 is 17.2 Å². The van der Waals surface area contributed by atoms with Crippen molar-refractivity contribution < 1.29 is 0 Å². The Morgan fingerprint density at radius 1 is 1.17 bits per heavy atom. The first-order chi connectivity index (χ1) is 5.90. The van der Waals surface area contributed by atoms with Crippen molar-refractivity contribution in [3.05, 3.63) is 24.3 Å². The van der Waals surface area contributed by atoms with Crippen LogP contribution in [0.5, 0.6) is 0 Å². The van der Waals surface area contributed by atoms with Crippen molar-refractivity contribution in [3.63, 3.8) is 0 Å². The Hall–Kier alpha value is -1.31. The molecule has 1 heterocycles. The molecule has 2 nitrogen and oxygen atoms in total. The Kier molecular flexibility index (Phi) is 1.82. The summed E-state index contributed by atoms with van der Waals surface area (Å²) >= 11 is 0. The van der Waals surface area contributed by atoms with Crippen LogP contribution in [-0.2, 0) is 0 Å². The van der Waals surface area contributed by atoms with Gasteiger partial charge in [-0.15, -0.1) is 0 Å². The molecule has 0 saturated heterocycles. The molecule has 0 bridgehead atoms. The molecule has 1 aliphatic heterocycles. The first-order valence-electron chi connectivity index (χ1n) is 4.28. The molecule has 1 aromatic rings. The maximum atomic E-state index is 4.39. The summed E-state index contributed by atoms with van der Waals surface area (Å²) in [4.78, 5) is 4.39. The van der Waals surface area contributed by atoms with Gasteiger partial charge in [0.15, 0.2) is 0 Å². The lowest BCUT2D eigenvalue weighted by atomic mass is 10.3. The number of hydrogen-bond donors (Lipinski definition) is 0. The van der Waals surface area contributed by atoms with Crippen molar-refractivity contribution in [2.75, 3.05) is 0 Å². The third-order valence-electron chi connectivity index (χ3n) is 1.85. The van der Waals surface area contributed by atoms with Crippen molar-refractivity contribution in [1.82, 2.24) is 5.32 Å². The predicted molar refractivity (Wildman–Crippen MR) is 50.2 cm³/mol. The van der Waals surface area contributed by atoms with Crippen LogP contribution in [0.25, 0.3) is 0 Å². The van der Waals surface area contributed by atoms with E-state index in [0.717, 1.165) is 30.1 Å². The zero-order chi connectivity index (χ0) is 8.39. The summed E-state index contributed by atoms with van der Waals surface area (Å²) in [5, 5.41) is 4.39. The molecular weight excluding hydrogens is 148 g/mol. The van der Waals surface area contributed by atoms with Gasteiger partial charge in [-0.25, -0.2) is 10.3 Å². The van der Waals surface area contributed by atoms with Crippen LogP contribution in [-0.4, -0.2) is 5.84 Å². The third-order valence-corrected chi connectivity index (χ3v) is 1.85. The van der Waals surface area contributed by atoms with Crippen LogP contribution in [0.1, 0.15) is 19.8 Å². The Labute approximate surface area is 72.3 Å². The average Bonchev–Trinajstić information content (AvgIpc) is 2.47. The molecular formula is C10H11N2. The number of rotatable bonds is 2. The maximum Gasteiger partial charge on any atom is 0.129 e. The first-order valence-corrected chi connectivity index (χ1v) is 4.28. The Balaban J connectivity index is 2.23. The molecule has 0 fully saturated rings. The number of fused-ring (bicyclic) bond motifs is 1. The highest BCUT2D eigenvalue weighted by molar-refractivity contribution is 5.95. The summed E-state index contributed by atoms with van der Waals surface area (Å²) in [6.45, 7) is 2.14. The fourth-order valence-electron chi connectivity index (χ4n) is 1.29. The van der Waals surface area contributed by atoms with E-state index in [4.69, 9.17) is 0 Å². The molecule has 0 atom stereocenters. The molecule has 2 heteroatoms. The fourth-order valence-corrected chi connectivity index (χ4v) is 1.29. The molecule has 0 amide bonds. The molecule has 1 radical (unpaired) electrons. The van der Waals surface area contributed by atoms with Crippen LogP contribution in [0.3, 0.4) is 0 Å². The van der Waals surface area contributed by atoms with E-state index in [1.54, 1.807) is 0 Å². The van der Waals surface area contributed by atoms with Gasteiger partial charge in [0.1, 0.15) is 5.84 Å². The standard InChI is InChI=1S/C10H11N2/c1-2-5-10-11-8-6-3-4-7-9(8)12-10/h3-4,6-7H,2,5H2,1H3.